The fourth-order valence-corrected chi connectivity index (χ4v) is 2.81. The molecule has 0 spiro atoms. The molecule has 3 aromatic rings. The minimum Gasteiger partial charge on any atom is -0.346 e. The predicted octanol–water partition coefficient (Wildman–Crippen LogP) is 4.12. The third-order valence-electron chi connectivity index (χ3n) is 3.95. The maximum Gasteiger partial charge on any atom is 0.227 e. The van der Waals surface area contributed by atoms with E-state index in [0.29, 0.717) is 12.2 Å². The van der Waals surface area contributed by atoms with Crippen LogP contribution in [0.3, 0.4) is 0 Å². The molecule has 1 amide bonds. The molecular formula is C20H21N3O. The molecule has 0 saturated carbocycles. The van der Waals surface area contributed by atoms with E-state index in [4.69, 9.17) is 0 Å². The summed E-state index contributed by atoms with van der Waals surface area (Å²) in [7, 11) is 0. The van der Waals surface area contributed by atoms with Crippen molar-refractivity contribution < 1.29 is 4.79 Å². The van der Waals surface area contributed by atoms with E-state index in [1.165, 1.54) is 5.56 Å². The summed E-state index contributed by atoms with van der Waals surface area (Å²) < 4.78 is 2.07. The van der Waals surface area contributed by atoms with Crippen molar-refractivity contribution in [1.29, 1.82) is 0 Å². The van der Waals surface area contributed by atoms with E-state index in [-0.39, 0.29) is 11.9 Å². The zero-order valence-corrected chi connectivity index (χ0v) is 13.9. The predicted molar refractivity (Wildman–Crippen MR) is 96.0 cm³/mol. The van der Waals surface area contributed by atoms with Crippen LogP contribution in [0.5, 0.6) is 0 Å². The monoisotopic (exact) mass is 319 g/mol. The van der Waals surface area contributed by atoms with Crippen LogP contribution < -0.4 is 5.32 Å². The van der Waals surface area contributed by atoms with Crippen molar-refractivity contribution in [3.8, 4) is 0 Å². The van der Waals surface area contributed by atoms with Gasteiger partial charge in [-0.3, -0.25) is 4.79 Å². The molecule has 2 aromatic heterocycles. The Labute approximate surface area is 142 Å². The lowest BCUT2D eigenvalue weighted by atomic mass is 10.0. The average molecular weight is 319 g/mol. The first-order valence-electron chi connectivity index (χ1n) is 8.04. The van der Waals surface area contributed by atoms with Gasteiger partial charge >= 0.3 is 0 Å². The lowest BCUT2D eigenvalue weighted by molar-refractivity contribution is -0.116. The van der Waals surface area contributed by atoms with Gasteiger partial charge in [0.15, 0.2) is 0 Å². The maximum absolute atomic E-state index is 12.5. The SMILES string of the molecule is Cc1cccc(C(CC(=O)Nc2cccc(C)n2)n2cccc2)c1. The maximum atomic E-state index is 12.5. The standard InChI is InChI=1S/C20H21N3O/c1-15-7-5-9-17(13-15)18(23-11-3-4-12-23)14-20(24)22-19-10-6-8-16(2)21-19/h3-13,18H,14H2,1-2H3,(H,21,22,24). The van der Waals surface area contributed by atoms with Crippen LogP contribution in [-0.4, -0.2) is 15.5 Å². The van der Waals surface area contributed by atoms with Crippen molar-refractivity contribution in [2.45, 2.75) is 26.3 Å². The number of amides is 1. The summed E-state index contributed by atoms with van der Waals surface area (Å²) in [5.41, 5.74) is 3.19. The molecule has 0 radical (unpaired) electrons. The smallest absolute Gasteiger partial charge is 0.227 e. The number of benzene rings is 1. The number of aryl methyl sites for hydroxylation is 2. The van der Waals surface area contributed by atoms with Crippen LogP contribution in [0.15, 0.2) is 67.0 Å². The summed E-state index contributed by atoms with van der Waals surface area (Å²) in [5, 5.41) is 2.90. The van der Waals surface area contributed by atoms with Crippen LogP contribution in [0.2, 0.25) is 0 Å². The Morgan fingerprint density at radius 2 is 1.83 bits per heavy atom. The Balaban J connectivity index is 1.80. The van der Waals surface area contributed by atoms with Crippen molar-refractivity contribution in [2.75, 3.05) is 5.32 Å². The number of hydrogen-bond acceptors (Lipinski definition) is 2. The Morgan fingerprint density at radius 3 is 2.54 bits per heavy atom. The van der Waals surface area contributed by atoms with E-state index in [9.17, 15) is 4.79 Å². The molecule has 1 aromatic carbocycles. The topological polar surface area (TPSA) is 46.9 Å². The molecule has 0 aliphatic rings. The quantitative estimate of drug-likeness (QED) is 0.769. The highest BCUT2D eigenvalue weighted by molar-refractivity contribution is 5.90. The summed E-state index contributed by atoms with van der Waals surface area (Å²) in [5.74, 6) is 0.545. The van der Waals surface area contributed by atoms with E-state index in [1.807, 2.05) is 55.7 Å². The van der Waals surface area contributed by atoms with E-state index in [2.05, 4.69) is 40.0 Å². The number of anilines is 1. The molecule has 1 unspecified atom stereocenters. The van der Waals surface area contributed by atoms with Gasteiger partial charge in [-0.1, -0.05) is 35.9 Å². The molecule has 0 fully saturated rings. The summed E-state index contributed by atoms with van der Waals surface area (Å²) >= 11 is 0. The number of rotatable bonds is 5. The minimum absolute atomic E-state index is 0.0373. The first-order chi connectivity index (χ1) is 11.6. The number of carbonyl (C=O) groups excluding carboxylic acids is 1. The molecule has 1 N–H and O–H groups in total. The minimum atomic E-state index is -0.0479. The number of pyridine rings is 1. The molecule has 0 bridgehead atoms. The molecule has 0 aliphatic heterocycles. The molecule has 3 rings (SSSR count). The van der Waals surface area contributed by atoms with Gasteiger partial charge in [0.1, 0.15) is 5.82 Å². The normalized spacial score (nSPS) is 11.9. The Kier molecular flexibility index (Phi) is 4.75. The second-order valence-electron chi connectivity index (χ2n) is 5.98. The Bertz CT molecular complexity index is 824. The second kappa shape index (κ2) is 7.13. The van der Waals surface area contributed by atoms with Gasteiger partial charge in [-0.05, 0) is 43.7 Å². The number of nitrogens with zero attached hydrogens (tertiary/aromatic N) is 2. The van der Waals surface area contributed by atoms with E-state index >= 15 is 0 Å². The zero-order chi connectivity index (χ0) is 16.9. The van der Waals surface area contributed by atoms with Crippen molar-refractivity contribution in [1.82, 2.24) is 9.55 Å². The average Bonchev–Trinajstić information content (AvgIpc) is 3.07. The Morgan fingerprint density at radius 1 is 1.08 bits per heavy atom. The first-order valence-corrected chi connectivity index (χ1v) is 8.04. The zero-order valence-electron chi connectivity index (χ0n) is 13.9. The second-order valence-corrected chi connectivity index (χ2v) is 5.98. The van der Waals surface area contributed by atoms with Crippen molar-refractivity contribution >= 4 is 11.7 Å². The molecule has 24 heavy (non-hydrogen) atoms. The molecule has 0 saturated heterocycles. The van der Waals surface area contributed by atoms with Crippen LogP contribution in [0, 0.1) is 13.8 Å². The van der Waals surface area contributed by atoms with Gasteiger partial charge in [-0.2, -0.15) is 0 Å². The first kappa shape index (κ1) is 16.0. The highest BCUT2D eigenvalue weighted by Crippen LogP contribution is 2.23. The van der Waals surface area contributed by atoms with Gasteiger partial charge in [-0.15, -0.1) is 0 Å². The highest BCUT2D eigenvalue weighted by Gasteiger charge is 2.18. The number of carbonyl (C=O) groups is 1. The fraction of sp³-hybridized carbons (Fsp3) is 0.200. The molecule has 122 valence electrons. The molecule has 4 heteroatoms. The number of aromatic nitrogens is 2. The highest BCUT2D eigenvalue weighted by atomic mass is 16.1. The van der Waals surface area contributed by atoms with E-state index in [0.717, 1.165) is 11.3 Å². The molecule has 0 aliphatic carbocycles. The molecule has 1 atom stereocenters. The van der Waals surface area contributed by atoms with Gasteiger partial charge in [-0.25, -0.2) is 4.98 Å². The van der Waals surface area contributed by atoms with Gasteiger partial charge in [0.05, 0.1) is 12.5 Å². The van der Waals surface area contributed by atoms with E-state index < -0.39 is 0 Å². The van der Waals surface area contributed by atoms with Crippen molar-refractivity contribution in [3.63, 3.8) is 0 Å². The lowest BCUT2D eigenvalue weighted by Crippen LogP contribution is -2.20. The number of nitrogens with one attached hydrogen (secondary N) is 1. The third-order valence-corrected chi connectivity index (χ3v) is 3.95. The van der Waals surface area contributed by atoms with Gasteiger partial charge in [0.2, 0.25) is 5.91 Å². The van der Waals surface area contributed by atoms with Gasteiger partial charge in [0, 0.05) is 18.1 Å². The van der Waals surface area contributed by atoms with E-state index in [1.54, 1.807) is 0 Å². The van der Waals surface area contributed by atoms with Crippen LogP contribution >= 0.6 is 0 Å². The van der Waals surface area contributed by atoms with Crippen LogP contribution in [0.25, 0.3) is 0 Å². The van der Waals surface area contributed by atoms with Crippen LogP contribution in [-0.2, 0) is 4.79 Å². The number of hydrogen-bond donors (Lipinski definition) is 1. The Hall–Kier alpha value is -2.88. The van der Waals surface area contributed by atoms with Crippen LogP contribution in [0.4, 0.5) is 5.82 Å². The lowest BCUT2D eigenvalue weighted by Gasteiger charge is -2.19. The third kappa shape index (κ3) is 3.90. The molecular weight excluding hydrogens is 298 g/mol. The van der Waals surface area contributed by atoms with Crippen molar-refractivity contribution in [2.24, 2.45) is 0 Å². The summed E-state index contributed by atoms with van der Waals surface area (Å²) in [6.45, 7) is 3.97. The fourth-order valence-electron chi connectivity index (χ4n) is 2.81. The summed E-state index contributed by atoms with van der Waals surface area (Å²) in [4.78, 5) is 16.9. The summed E-state index contributed by atoms with van der Waals surface area (Å²) in [6, 6.07) is 17.8. The largest absolute Gasteiger partial charge is 0.346 e. The van der Waals surface area contributed by atoms with Crippen molar-refractivity contribution in [3.05, 3.63) is 83.8 Å². The molecule has 4 nitrogen and oxygen atoms in total. The summed E-state index contributed by atoms with van der Waals surface area (Å²) in [6.07, 6.45) is 4.34. The molecule has 2 heterocycles. The van der Waals surface area contributed by atoms with Crippen LogP contribution in [0.1, 0.15) is 29.3 Å². The van der Waals surface area contributed by atoms with Gasteiger partial charge < -0.3 is 9.88 Å². The van der Waals surface area contributed by atoms with Gasteiger partial charge in [0.25, 0.3) is 0 Å².